The first-order valence-corrected chi connectivity index (χ1v) is 5.57. The molecule has 0 amide bonds. The molecule has 0 radical (unpaired) electrons. The standard InChI is InChI=1S/C11H15ClN2O/c1-8-4-10(11(12)14-5-8)13-6-9-2-3-15-7-9/h4-5,9,13H,2-3,6-7H2,1H3. The summed E-state index contributed by atoms with van der Waals surface area (Å²) in [6.45, 7) is 4.65. The molecule has 1 aliphatic heterocycles. The van der Waals surface area contributed by atoms with Crippen molar-refractivity contribution in [3.8, 4) is 0 Å². The van der Waals surface area contributed by atoms with Crippen LogP contribution in [-0.4, -0.2) is 24.7 Å². The number of pyridine rings is 1. The van der Waals surface area contributed by atoms with Crippen LogP contribution in [0.25, 0.3) is 0 Å². The van der Waals surface area contributed by atoms with E-state index in [9.17, 15) is 0 Å². The van der Waals surface area contributed by atoms with E-state index < -0.39 is 0 Å². The average molecular weight is 227 g/mol. The van der Waals surface area contributed by atoms with Gasteiger partial charge in [-0.2, -0.15) is 0 Å². The van der Waals surface area contributed by atoms with Gasteiger partial charge in [0.05, 0.1) is 12.3 Å². The van der Waals surface area contributed by atoms with Gasteiger partial charge in [0.2, 0.25) is 0 Å². The Labute approximate surface area is 94.8 Å². The molecule has 2 heterocycles. The van der Waals surface area contributed by atoms with E-state index in [1.165, 1.54) is 0 Å². The van der Waals surface area contributed by atoms with Gasteiger partial charge in [0.15, 0.2) is 5.15 Å². The summed E-state index contributed by atoms with van der Waals surface area (Å²) in [4.78, 5) is 4.10. The maximum absolute atomic E-state index is 5.98. The molecular formula is C11H15ClN2O. The van der Waals surface area contributed by atoms with Crippen molar-refractivity contribution in [1.82, 2.24) is 4.98 Å². The minimum atomic E-state index is 0.541. The van der Waals surface area contributed by atoms with Crippen molar-refractivity contribution >= 4 is 17.3 Å². The fourth-order valence-corrected chi connectivity index (χ4v) is 1.85. The molecular weight excluding hydrogens is 212 g/mol. The van der Waals surface area contributed by atoms with Gasteiger partial charge in [0.25, 0.3) is 0 Å². The number of aromatic nitrogens is 1. The summed E-state index contributed by atoms with van der Waals surface area (Å²) in [5.41, 5.74) is 2.04. The van der Waals surface area contributed by atoms with Crippen molar-refractivity contribution in [2.45, 2.75) is 13.3 Å². The Morgan fingerprint density at radius 3 is 3.27 bits per heavy atom. The molecule has 1 saturated heterocycles. The lowest BCUT2D eigenvalue weighted by molar-refractivity contribution is 0.187. The second-order valence-electron chi connectivity index (χ2n) is 3.96. The third-order valence-electron chi connectivity index (χ3n) is 2.58. The van der Waals surface area contributed by atoms with Crippen LogP contribution >= 0.6 is 11.6 Å². The first-order chi connectivity index (χ1) is 7.25. The van der Waals surface area contributed by atoms with Crippen molar-refractivity contribution in [3.63, 3.8) is 0 Å². The summed E-state index contributed by atoms with van der Waals surface area (Å²) in [6.07, 6.45) is 2.90. The molecule has 0 saturated carbocycles. The molecule has 4 heteroatoms. The van der Waals surface area contributed by atoms with Gasteiger partial charge in [0, 0.05) is 25.3 Å². The number of anilines is 1. The van der Waals surface area contributed by atoms with Gasteiger partial charge >= 0.3 is 0 Å². The Morgan fingerprint density at radius 2 is 2.53 bits per heavy atom. The zero-order valence-corrected chi connectivity index (χ0v) is 9.55. The van der Waals surface area contributed by atoms with Gasteiger partial charge in [-0.3, -0.25) is 0 Å². The minimum Gasteiger partial charge on any atom is -0.382 e. The maximum Gasteiger partial charge on any atom is 0.152 e. The fraction of sp³-hybridized carbons (Fsp3) is 0.545. The van der Waals surface area contributed by atoms with E-state index in [-0.39, 0.29) is 0 Å². The van der Waals surface area contributed by atoms with E-state index >= 15 is 0 Å². The molecule has 82 valence electrons. The van der Waals surface area contributed by atoms with Gasteiger partial charge in [-0.15, -0.1) is 0 Å². The first-order valence-electron chi connectivity index (χ1n) is 5.19. The summed E-state index contributed by atoms with van der Waals surface area (Å²) < 4.78 is 5.31. The molecule has 0 spiro atoms. The number of halogens is 1. The molecule has 1 aromatic heterocycles. The predicted molar refractivity (Wildman–Crippen MR) is 61.4 cm³/mol. The Morgan fingerprint density at radius 1 is 1.67 bits per heavy atom. The smallest absolute Gasteiger partial charge is 0.152 e. The van der Waals surface area contributed by atoms with Crippen LogP contribution in [0.4, 0.5) is 5.69 Å². The van der Waals surface area contributed by atoms with Crippen LogP contribution in [0.15, 0.2) is 12.3 Å². The summed E-state index contributed by atoms with van der Waals surface area (Å²) in [5.74, 6) is 0.599. The summed E-state index contributed by atoms with van der Waals surface area (Å²) in [7, 11) is 0. The van der Waals surface area contributed by atoms with E-state index in [1.54, 1.807) is 6.20 Å². The second kappa shape index (κ2) is 4.81. The number of rotatable bonds is 3. The van der Waals surface area contributed by atoms with Crippen LogP contribution in [0.3, 0.4) is 0 Å². The summed E-state index contributed by atoms with van der Waals surface area (Å²) >= 11 is 5.98. The summed E-state index contributed by atoms with van der Waals surface area (Å²) in [6, 6.07) is 2.02. The Balaban J connectivity index is 1.94. The van der Waals surface area contributed by atoms with E-state index in [1.807, 2.05) is 13.0 Å². The molecule has 1 unspecified atom stereocenters. The number of aryl methyl sites for hydroxylation is 1. The molecule has 2 rings (SSSR count). The van der Waals surface area contributed by atoms with Crippen LogP contribution in [0.1, 0.15) is 12.0 Å². The number of hydrogen-bond acceptors (Lipinski definition) is 3. The Hall–Kier alpha value is -0.800. The van der Waals surface area contributed by atoms with E-state index in [4.69, 9.17) is 16.3 Å². The number of ether oxygens (including phenoxy) is 1. The van der Waals surface area contributed by atoms with Crippen LogP contribution in [0.2, 0.25) is 5.15 Å². The molecule has 1 aromatic rings. The largest absolute Gasteiger partial charge is 0.382 e. The Kier molecular flexibility index (Phi) is 3.44. The molecule has 1 aliphatic rings. The van der Waals surface area contributed by atoms with Crippen LogP contribution in [0.5, 0.6) is 0 Å². The topological polar surface area (TPSA) is 34.2 Å². The molecule has 1 atom stereocenters. The van der Waals surface area contributed by atoms with Gasteiger partial charge in [-0.25, -0.2) is 4.98 Å². The van der Waals surface area contributed by atoms with Crippen molar-refractivity contribution < 1.29 is 4.74 Å². The lowest BCUT2D eigenvalue weighted by Gasteiger charge is -2.11. The third-order valence-corrected chi connectivity index (χ3v) is 2.88. The highest BCUT2D eigenvalue weighted by Gasteiger charge is 2.15. The van der Waals surface area contributed by atoms with Crippen molar-refractivity contribution in [3.05, 3.63) is 23.0 Å². The van der Waals surface area contributed by atoms with E-state index in [2.05, 4.69) is 10.3 Å². The van der Waals surface area contributed by atoms with Crippen molar-refractivity contribution in [2.24, 2.45) is 5.92 Å². The van der Waals surface area contributed by atoms with E-state index in [0.717, 1.165) is 37.4 Å². The van der Waals surface area contributed by atoms with Crippen LogP contribution in [0, 0.1) is 12.8 Å². The van der Waals surface area contributed by atoms with E-state index in [0.29, 0.717) is 11.1 Å². The van der Waals surface area contributed by atoms with Gasteiger partial charge in [0.1, 0.15) is 0 Å². The molecule has 0 aliphatic carbocycles. The van der Waals surface area contributed by atoms with Crippen molar-refractivity contribution in [2.75, 3.05) is 25.1 Å². The highest BCUT2D eigenvalue weighted by Crippen LogP contribution is 2.21. The third kappa shape index (κ3) is 2.83. The normalized spacial score (nSPS) is 20.5. The molecule has 15 heavy (non-hydrogen) atoms. The maximum atomic E-state index is 5.98. The number of hydrogen-bond donors (Lipinski definition) is 1. The van der Waals surface area contributed by atoms with Crippen LogP contribution < -0.4 is 5.32 Å². The molecule has 1 fully saturated rings. The Bertz CT molecular complexity index is 337. The van der Waals surface area contributed by atoms with Gasteiger partial charge in [-0.1, -0.05) is 11.6 Å². The molecule has 0 aromatic carbocycles. The van der Waals surface area contributed by atoms with Gasteiger partial charge in [-0.05, 0) is 25.0 Å². The zero-order valence-electron chi connectivity index (χ0n) is 8.79. The summed E-state index contributed by atoms with van der Waals surface area (Å²) in [5, 5.41) is 3.86. The highest BCUT2D eigenvalue weighted by molar-refractivity contribution is 6.31. The first kappa shape index (κ1) is 10.7. The number of nitrogens with one attached hydrogen (secondary N) is 1. The predicted octanol–water partition coefficient (Wildman–Crippen LogP) is 2.49. The molecule has 3 nitrogen and oxygen atoms in total. The monoisotopic (exact) mass is 226 g/mol. The quantitative estimate of drug-likeness (QED) is 0.805. The molecule has 1 N–H and O–H groups in total. The lowest BCUT2D eigenvalue weighted by atomic mass is 10.1. The highest BCUT2D eigenvalue weighted by atomic mass is 35.5. The lowest BCUT2D eigenvalue weighted by Crippen LogP contribution is -2.14. The SMILES string of the molecule is Cc1cnc(Cl)c(NCC2CCOC2)c1. The molecule has 0 bridgehead atoms. The fourth-order valence-electron chi connectivity index (χ4n) is 1.68. The second-order valence-corrected chi connectivity index (χ2v) is 4.32. The van der Waals surface area contributed by atoms with Crippen molar-refractivity contribution in [1.29, 1.82) is 0 Å². The average Bonchev–Trinajstić information content (AvgIpc) is 2.72. The van der Waals surface area contributed by atoms with Crippen LogP contribution in [-0.2, 0) is 4.74 Å². The van der Waals surface area contributed by atoms with Gasteiger partial charge < -0.3 is 10.1 Å². The minimum absolute atomic E-state index is 0.541. The number of nitrogens with zero attached hydrogens (tertiary/aromatic N) is 1. The zero-order chi connectivity index (χ0) is 10.7.